The third-order valence-electron chi connectivity index (χ3n) is 6.57. The average Bonchev–Trinajstić information content (AvgIpc) is 2.94. The van der Waals surface area contributed by atoms with Crippen LogP contribution in [0.15, 0.2) is 30.3 Å². The van der Waals surface area contributed by atoms with Crippen molar-refractivity contribution < 1.29 is 28.5 Å². The molecule has 6 heteroatoms. The van der Waals surface area contributed by atoms with Crippen molar-refractivity contribution in [1.29, 1.82) is 0 Å². The van der Waals surface area contributed by atoms with Gasteiger partial charge in [-0.3, -0.25) is 4.79 Å². The maximum absolute atomic E-state index is 11.9. The molecule has 0 heterocycles. The summed E-state index contributed by atoms with van der Waals surface area (Å²) in [6.45, 7) is 5.35. The van der Waals surface area contributed by atoms with Gasteiger partial charge in [-0.15, -0.1) is 0 Å². The number of benzene rings is 1. The van der Waals surface area contributed by atoms with Gasteiger partial charge in [-0.2, -0.15) is 0 Å². The molecule has 0 N–H and O–H groups in total. The summed E-state index contributed by atoms with van der Waals surface area (Å²) in [6, 6.07) is 8.36. The van der Waals surface area contributed by atoms with Gasteiger partial charge in [0.2, 0.25) is 0 Å². The van der Waals surface area contributed by atoms with E-state index in [2.05, 4.69) is 6.92 Å². The Balaban J connectivity index is 1.71. The van der Waals surface area contributed by atoms with E-state index in [1.807, 2.05) is 0 Å². The molecule has 0 aliphatic heterocycles. The van der Waals surface area contributed by atoms with Crippen LogP contribution in [0.2, 0.25) is 0 Å². The predicted octanol–water partition coefficient (Wildman–Crippen LogP) is 7.72. The molecule has 0 unspecified atom stereocenters. The highest BCUT2D eigenvalue weighted by Crippen LogP contribution is 2.13. The normalized spacial score (nSPS) is 11.1. The Kier molecular flexibility index (Phi) is 24.2. The summed E-state index contributed by atoms with van der Waals surface area (Å²) >= 11 is 0. The summed E-state index contributed by atoms with van der Waals surface area (Å²) in [7, 11) is 0. The minimum atomic E-state index is -0.863. The van der Waals surface area contributed by atoms with Gasteiger partial charge in [0.25, 0.3) is 5.78 Å². The monoisotopic (exact) mass is 534 g/mol. The van der Waals surface area contributed by atoms with Gasteiger partial charge in [-0.25, -0.2) is 4.79 Å². The first kappa shape index (κ1) is 34.3. The Morgan fingerprint density at radius 2 is 0.895 bits per heavy atom. The van der Waals surface area contributed by atoms with Gasteiger partial charge in [0.1, 0.15) is 6.61 Å². The second-order valence-electron chi connectivity index (χ2n) is 9.97. The fourth-order valence-corrected chi connectivity index (χ4v) is 4.26. The highest BCUT2D eigenvalue weighted by atomic mass is 16.6. The molecule has 0 radical (unpaired) electrons. The lowest BCUT2D eigenvalue weighted by molar-refractivity contribution is -0.139. The number of carbonyl (C=O) groups is 2. The second-order valence-corrected chi connectivity index (χ2v) is 9.97. The minimum absolute atomic E-state index is 0.0415. The molecule has 0 saturated heterocycles. The van der Waals surface area contributed by atoms with Crippen molar-refractivity contribution in [2.45, 2.75) is 110 Å². The van der Waals surface area contributed by atoms with E-state index in [0.29, 0.717) is 32.0 Å². The number of hydrogen-bond acceptors (Lipinski definition) is 6. The molecule has 0 atom stereocenters. The SMILES string of the molecule is CCCCCCCCCCCCCCCCCCOCCOCCOCCOC(=O)C(=O)c1ccccc1. The predicted molar refractivity (Wildman–Crippen MR) is 154 cm³/mol. The van der Waals surface area contributed by atoms with E-state index in [4.69, 9.17) is 18.9 Å². The standard InChI is InChI=1S/C32H54O6/c1-2-3-4-5-6-7-8-9-10-11-12-13-14-15-16-20-23-35-24-25-36-26-27-37-28-29-38-32(34)31(33)30-21-18-17-19-22-30/h17-19,21-22H,2-16,20,23-29H2,1H3. The van der Waals surface area contributed by atoms with Gasteiger partial charge in [0.05, 0.1) is 33.0 Å². The molecule has 0 saturated carbocycles. The first-order valence-corrected chi connectivity index (χ1v) is 15.3. The van der Waals surface area contributed by atoms with Gasteiger partial charge in [-0.05, 0) is 6.42 Å². The third-order valence-corrected chi connectivity index (χ3v) is 6.57. The Hall–Kier alpha value is -1.76. The van der Waals surface area contributed by atoms with Crippen LogP contribution in [0.25, 0.3) is 0 Å². The number of carbonyl (C=O) groups excluding carboxylic acids is 2. The second kappa shape index (κ2) is 26.8. The minimum Gasteiger partial charge on any atom is -0.457 e. The lowest BCUT2D eigenvalue weighted by atomic mass is 10.0. The van der Waals surface area contributed by atoms with E-state index < -0.39 is 11.8 Å². The zero-order valence-electron chi connectivity index (χ0n) is 24.1. The van der Waals surface area contributed by atoms with Crippen molar-refractivity contribution in [1.82, 2.24) is 0 Å². The Bertz CT molecular complexity index is 663. The summed E-state index contributed by atoms with van der Waals surface area (Å²) in [5, 5.41) is 0. The van der Waals surface area contributed by atoms with E-state index >= 15 is 0 Å². The summed E-state index contributed by atoms with van der Waals surface area (Å²) < 4.78 is 21.4. The zero-order chi connectivity index (χ0) is 27.4. The number of esters is 1. The molecule has 0 amide bonds. The van der Waals surface area contributed by atoms with Crippen LogP contribution >= 0.6 is 0 Å². The number of unbranched alkanes of at least 4 members (excludes halogenated alkanes) is 15. The lowest BCUT2D eigenvalue weighted by Crippen LogP contribution is -2.20. The third kappa shape index (κ3) is 21.2. The number of ketones is 1. The smallest absolute Gasteiger partial charge is 0.379 e. The van der Waals surface area contributed by atoms with Crippen LogP contribution in [-0.4, -0.2) is 58.0 Å². The molecule has 1 aromatic rings. The van der Waals surface area contributed by atoms with Crippen molar-refractivity contribution in [3.05, 3.63) is 35.9 Å². The molecular weight excluding hydrogens is 480 g/mol. The Morgan fingerprint density at radius 1 is 0.500 bits per heavy atom. The van der Waals surface area contributed by atoms with Crippen LogP contribution in [-0.2, 0) is 23.7 Å². The highest BCUT2D eigenvalue weighted by molar-refractivity contribution is 6.40. The molecular formula is C32H54O6. The molecule has 38 heavy (non-hydrogen) atoms. The molecule has 0 aliphatic carbocycles. The maximum Gasteiger partial charge on any atom is 0.379 e. The summed E-state index contributed by atoms with van der Waals surface area (Å²) in [6.07, 6.45) is 22.0. The lowest BCUT2D eigenvalue weighted by Gasteiger charge is -2.07. The van der Waals surface area contributed by atoms with Crippen LogP contribution in [0.5, 0.6) is 0 Å². The van der Waals surface area contributed by atoms with Crippen LogP contribution < -0.4 is 0 Å². The quantitative estimate of drug-likeness (QED) is 0.0474. The van der Waals surface area contributed by atoms with Gasteiger partial charge in [0, 0.05) is 12.2 Å². The number of ether oxygens (including phenoxy) is 4. The number of hydrogen-bond donors (Lipinski definition) is 0. The van der Waals surface area contributed by atoms with E-state index in [1.165, 1.54) is 96.3 Å². The van der Waals surface area contributed by atoms with Crippen molar-refractivity contribution in [3.8, 4) is 0 Å². The molecule has 6 nitrogen and oxygen atoms in total. The first-order valence-electron chi connectivity index (χ1n) is 15.3. The zero-order valence-corrected chi connectivity index (χ0v) is 24.1. The van der Waals surface area contributed by atoms with Crippen LogP contribution in [0.4, 0.5) is 0 Å². The summed E-state index contributed by atoms with van der Waals surface area (Å²) in [5.41, 5.74) is 0.323. The van der Waals surface area contributed by atoms with Gasteiger partial charge < -0.3 is 18.9 Å². The Morgan fingerprint density at radius 3 is 1.37 bits per heavy atom. The average molecular weight is 535 g/mol. The van der Waals surface area contributed by atoms with Gasteiger partial charge >= 0.3 is 5.97 Å². The van der Waals surface area contributed by atoms with Crippen LogP contribution in [0.3, 0.4) is 0 Å². The highest BCUT2D eigenvalue weighted by Gasteiger charge is 2.17. The fraction of sp³-hybridized carbons (Fsp3) is 0.750. The molecule has 0 aliphatic rings. The topological polar surface area (TPSA) is 71.1 Å². The maximum atomic E-state index is 11.9. The van der Waals surface area contributed by atoms with Crippen LogP contribution in [0, 0.1) is 0 Å². The molecule has 0 bridgehead atoms. The van der Waals surface area contributed by atoms with E-state index in [1.54, 1.807) is 30.3 Å². The Labute approximate surface area is 232 Å². The molecule has 0 spiro atoms. The van der Waals surface area contributed by atoms with Crippen molar-refractivity contribution in [3.63, 3.8) is 0 Å². The first-order chi connectivity index (χ1) is 18.8. The molecule has 1 aromatic carbocycles. The molecule has 0 aromatic heterocycles. The van der Waals surface area contributed by atoms with Gasteiger partial charge in [0.15, 0.2) is 0 Å². The number of Topliss-reactive ketones (excluding diaryl/α,β-unsaturated/α-hetero) is 1. The van der Waals surface area contributed by atoms with Crippen molar-refractivity contribution in [2.75, 3.05) is 46.2 Å². The molecule has 218 valence electrons. The largest absolute Gasteiger partial charge is 0.457 e. The summed E-state index contributed by atoms with van der Waals surface area (Å²) in [5.74, 6) is -1.51. The van der Waals surface area contributed by atoms with Gasteiger partial charge in [-0.1, -0.05) is 134 Å². The van der Waals surface area contributed by atoms with Crippen LogP contribution in [0.1, 0.15) is 120 Å². The van der Waals surface area contributed by atoms with Crippen molar-refractivity contribution >= 4 is 11.8 Å². The van der Waals surface area contributed by atoms with Crippen molar-refractivity contribution in [2.24, 2.45) is 0 Å². The molecule has 1 rings (SSSR count). The fourth-order valence-electron chi connectivity index (χ4n) is 4.26. The van der Waals surface area contributed by atoms with E-state index in [9.17, 15) is 9.59 Å². The van der Waals surface area contributed by atoms with E-state index in [0.717, 1.165) is 13.0 Å². The summed E-state index contributed by atoms with van der Waals surface area (Å²) in [4.78, 5) is 23.6. The number of rotatable bonds is 28. The van der Waals surface area contributed by atoms with E-state index in [-0.39, 0.29) is 13.2 Å². The molecule has 0 fully saturated rings.